The maximum Gasteiger partial charge on any atom is 0.673 e. The van der Waals surface area contributed by atoms with E-state index >= 15 is 0 Å². The highest BCUT2D eigenvalue weighted by molar-refractivity contribution is 6.50. The van der Waals surface area contributed by atoms with Crippen LogP contribution < -0.4 is 16.0 Å². The molecule has 3 aliphatic rings. The molecule has 3 heterocycles. The van der Waals surface area contributed by atoms with Crippen molar-refractivity contribution < 1.29 is 81.9 Å². The van der Waals surface area contributed by atoms with Gasteiger partial charge < -0.3 is 81.9 Å². The number of hydrogen-bond acceptors (Lipinski definition) is 3. The van der Waals surface area contributed by atoms with E-state index in [-0.39, 0.29) is 0 Å². The summed E-state index contributed by atoms with van der Waals surface area (Å²) in [7, 11) is -18.0. The number of quaternary nitrogens is 3. The van der Waals surface area contributed by atoms with Gasteiger partial charge in [0, 0.05) is 0 Å². The summed E-state index contributed by atoms with van der Waals surface area (Å²) >= 11 is 0. The van der Waals surface area contributed by atoms with E-state index in [1.807, 2.05) is 0 Å². The molecular formula is C12H30B3F12N3O3. The van der Waals surface area contributed by atoms with Crippen LogP contribution in [-0.2, 0) is 14.2 Å². The number of rotatable bonds is 0. The monoisotopic (exact) mass is 525 g/mol. The van der Waals surface area contributed by atoms with Crippen molar-refractivity contribution >= 4 is 21.8 Å². The summed E-state index contributed by atoms with van der Waals surface area (Å²) in [6, 6.07) is 0. The average molecular weight is 525 g/mol. The second kappa shape index (κ2) is 22.9. The van der Waals surface area contributed by atoms with Crippen LogP contribution in [0.15, 0.2) is 0 Å². The first-order valence-electron chi connectivity index (χ1n) is 9.80. The first-order valence-corrected chi connectivity index (χ1v) is 9.80. The molecule has 0 aliphatic carbocycles. The van der Waals surface area contributed by atoms with E-state index in [4.69, 9.17) is 14.2 Å². The van der Waals surface area contributed by atoms with Crippen molar-refractivity contribution in [2.45, 2.75) is 0 Å². The van der Waals surface area contributed by atoms with Gasteiger partial charge in [-0.2, -0.15) is 0 Å². The molecule has 0 saturated carbocycles. The first kappa shape index (κ1) is 36.7. The summed E-state index contributed by atoms with van der Waals surface area (Å²) in [5, 5.41) is 6.80. The molecule has 0 aromatic rings. The van der Waals surface area contributed by atoms with Gasteiger partial charge in [-0.05, 0) is 0 Å². The summed E-state index contributed by atoms with van der Waals surface area (Å²) in [6.07, 6.45) is 0. The van der Waals surface area contributed by atoms with Crippen LogP contribution >= 0.6 is 0 Å². The van der Waals surface area contributed by atoms with Crippen molar-refractivity contribution in [1.82, 2.24) is 0 Å². The van der Waals surface area contributed by atoms with Crippen LogP contribution in [0.1, 0.15) is 0 Å². The summed E-state index contributed by atoms with van der Waals surface area (Å²) in [5.74, 6) is 0. The zero-order chi connectivity index (χ0) is 26.2. The highest BCUT2D eigenvalue weighted by Gasteiger charge is 2.21. The van der Waals surface area contributed by atoms with Gasteiger partial charge in [0.2, 0.25) is 0 Å². The molecule has 0 radical (unpaired) electrons. The SMILES string of the molecule is C1COCC[NH2+]1.C1COCC[NH2+]1.C1COCC[NH2+]1.F[B-](F)(F)F.F[B-](F)(F)F.F[B-](F)(F)F. The van der Waals surface area contributed by atoms with Crippen LogP contribution in [0.3, 0.4) is 0 Å². The van der Waals surface area contributed by atoms with E-state index in [1.54, 1.807) is 0 Å². The number of hydrogen-bond donors (Lipinski definition) is 3. The zero-order valence-corrected chi connectivity index (χ0v) is 17.7. The highest BCUT2D eigenvalue weighted by Crippen LogP contribution is 2.07. The third-order valence-electron chi connectivity index (χ3n) is 2.80. The Morgan fingerprint density at radius 3 is 0.485 bits per heavy atom. The Balaban J connectivity index is -0.000000329. The molecule has 6 nitrogen and oxygen atoms in total. The van der Waals surface area contributed by atoms with Gasteiger partial charge >= 0.3 is 21.8 Å². The minimum absolute atomic E-state index is 0.944. The summed E-state index contributed by atoms with van der Waals surface area (Å²) in [6.45, 7) is 12.6. The van der Waals surface area contributed by atoms with E-state index in [9.17, 15) is 51.8 Å². The quantitative estimate of drug-likeness (QED) is 0.299. The normalized spacial score (nSPS) is 18.5. The van der Waals surface area contributed by atoms with Crippen molar-refractivity contribution in [2.24, 2.45) is 0 Å². The number of halogens is 12. The second-order valence-electron chi connectivity index (χ2n) is 5.92. The molecule has 6 N–H and O–H groups in total. The lowest BCUT2D eigenvalue weighted by atomic mass is 10.3. The fraction of sp³-hybridized carbons (Fsp3) is 1.00. The standard InChI is InChI=1S/3C4H9NO.3BF4/c3*1-3-6-4-2-5-1;3*2-1(3,4)5/h3*5H,1-4H2;;;/q;;;3*-1/p+3. The number of ether oxygens (including phenoxy) is 3. The topological polar surface area (TPSA) is 77.5 Å². The average Bonchev–Trinajstić information content (AvgIpc) is 2.69. The molecule has 0 aromatic carbocycles. The van der Waals surface area contributed by atoms with Crippen LogP contribution in [0.5, 0.6) is 0 Å². The van der Waals surface area contributed by atoms with Crippen LogP contribution in [-0.4, -0.2) is 101 Å². The minimum Gasteiger partial charge on any atom is -0.418 e. The Kier molecular flexibility index (Phi) is 25.4. The van der Waals surface area contributed by atoms with Gasteiger partial charge in [0.25, 0.3) is 0 Å². The lowest BCUT2D eigenvalue weighted by molar-refractivity contribution is -0.670. The van der Waals surface area contributed by atoms with Gasteiger partial charge in [0.05, 0.1) is 78.9 Å². The van der Waals surface area contributed by atoms with E-state index in [0.717, 1.165) is 78.9 Å². The van der Waals surface area contributed by atoms with E-state index in [2.05, 4.69) is 16.0 Å². The lowest BCUT2D eigenvalue weighted by Gasteiger charge is -2.07. The Morgan fingerprint density at radius 1 is 0.333 bits per heavy atom. The van der Waals surface area contributed by atoms with Crippen LogP contribution in [0.25, 0.3) is 0 Å². The van der Waals surface area contributed by atoms with Gasteiger partial charge in [-0.25, -0.2) is 0 Å². The van der Waals surface area contributed by atoms with Crippen molar-refractivity contribution in [3.8, 4) is 0 Å². The molecule has 3 saturated heterocycles. The maximum absolute atomic E-state index is 9.75. The molecule has 0 aromatic heterocycles. The van der Waals surface area contributed by atoms with Crippen LogP contribution in [0, 0.1) is 0 Å². The Bertz CT molecular complexity index is 288. The molecule has 0 bridgehead atoms. The van der Waals surface area contributed by atoms with E-state index in [0.29, 0.717) is 0 Å². The predicted molar refractivity (Wildman–Crippen MR) is 98.0 cm³/mol. The smallest absolute Gasteiger partial charge is 0.418 e. The summed E-state index contributed by atoms with van der Waals surface area (Å²) in [5.41, 5.74) is 0. The number of morpholine rings is 3. The minimum atomic E-state index is -6.00. The van der Waals surface area contributed by atoms with Crippen molar-refractivity contribution in [1.29, 1.82) is 0 Å². The molecule has 3 aliphatic heterocycles. The molecule has 0 spiro atoms. The largest absolute Gasteiger partial charge is 0.673 e. The van der Waals surface area contributed by atoms with Crippen molar-refractivity contribution in [3.05, 3.63) is 0 Å². The Morgan fingerprint density at radius 2 is 0.455 bits per heavy atom. The van der Waals surface area contributed by atoms with Gasteiger partial charge in [-0.1, -0.05) is 0 Å². The van der Waals surface area contributed by atoms with Gasteiger partial charge in [-0.3, -0.25) is 0 Å². The van der Waals surface area contributed by atoms with E-state index in [1.165, 1.54) is 0 Å². The molecule has 0 unspecified atom stereocenters. The molecule has 21 heteroatoms. The summed E-state index contributed by atoms with van der Waals surface area (Å²) < 4.78 is 132. The van der Waals surface area contributed by atoms with Crippen LogP contribution in [0.4, 0.5) is 51.8 Å². The Labute approximate surface area is 183 Å². The third kappa shape index (κ3) is 90.0. The number of nitrogens with two attached hydrogens (primary N) is 3. The fourth-order valence-electron chi connectivity index (χ4n) is 1.74. The van der Waals surface area contributed by atoms with Crippen LogP contribution in [0.2, 0.25) is 0 Å². The fourth-order valence-corrected chi connectivity index (χ4v) is 1.74. The zero-order valence-electron chi connectivity index (χ0n) is 17.7. The summed E-state index contributed by atoms with van der Waals surface area (Å²) in [4.78, 5) is 0. The van der Waals surface area contributed by atoms with Gasteiger partial charge in [-0.15, -0.1) is 0 Å². The predicted octanol–water partition coefficient (Wildman–Crippen LogP) is -0.360. The first-order chi connectivity index (χ1) is 15.0. The molecular weight excluding hydrogens is 495 g/mol. The van der Waals surface area contributed by atoms with Gasteiger partial charge in [0.1, 0.15) is 0 Å². The highest BCUT2D eigenvalue weighted by atomic mass is 19.5. The second-order valence-corrected chi connectivity index (χ2v) is 5.92. The van der Waals surface area contributed by atoms with E-state index < -0.39 is 21.8 Å². The lowest BCUT2D eigenvalue weighted by Crippen LogP contribution is -2.87. The van der Waals surface area contributed by atoms with Crippen molar-refractivity contribution in [2.75, 3.05) is 78.9 Å². The van der Waals surface area contributed by atoms with Crippen molar-refractivity contribution in [3.63, 3.8) is 0 Å². The molecule has 204 valence electrons. The third-order valence-corrected chi connectivity index (χ3v) is 2.80. The molecule has 3 rings (SSSR count). The Hall–Kier alpha value is -0.885. The molecule has 0 amide bonds. The maximum atomic E-state index is 9.75. The van der Waals surface area contributed by atoms with Gasteiger partial charge in [0.15, 0.2) is 0 Å². The molecule has 0 atom stereocenters. The molecule has 3 fully saturated rings. The molecule has 33 heavy (non-hydrogen) atoms.